The SMILES string of the molecule is Oc1ccccc1Oc1nccc2cc3c(cc12)OCO3. The number of hydrogen-bond donors (Lipinski definition) is 1. The first-order chi connectivity index (χ1) is 10.3. The summed E-state index contributed by atoms with van der Waals surface area (Å²) in [5, 5.41) is 11.5. The van der Waals surface area contributed by atoms with Gasteiger partial charge in [0.1, 0.15) is 0 Å². The van der Waals surface area contributed by atoms with E-state index in [-0.39, 0.29) is 12.5 Å². The van der Waals surface area contributed by atoms with Crippen molar-refractivity contribution in [3.05, 3.63) is 48.7 Å². The van der Waals surface area contributed by atoms with Crippen LogP contribution in [0.3, 0.4) is 0 Å². The van der Waals surface area contributed by atoms with E-state index in [1.54, 1.807) is 30.5 Å². The Kier molecular flexibility index (Phi) is 2.57. The fourth-order valence-electron chi connectivity index (χ4n) is 2.26. The Hall–Kier alpha value is -2.95. The average molecular weight is 281 g/mol. The lowest BCUT2D eigenvalue weighted by molar-refractivity contribution is 0.174. The number of para-hydroxylation sites is 2. The number of aromatic nitrogens is 1. The number of aromatic hydroxyl groups is 1. The molecule has 0 fully saturated rings. The summed E-state index contributed by atoms with van der Waals surface area (Å²) in [6.45, 7) is 0.217. The molecule has 4 rings (SSSR count). The van der Waals surface area contributed by atoms with E-state index in [0.29, 0.717) is 23.1 Å². The third-order valence-electron chi connectivity index (χ3n) is 3.29. The maximum Gasteiger partial charge on any atom is 0.231 e. The maximum atomic E-state index is 9.80. The summed E-state index contributed by atoms with van der Waals surface area (Å²) >= 11 is 0. The van der Waals surface area contributed by atoms with Crippen molar-refractivity contribution in [3.8, 4) is 28.9 Å². The van der Waals surface area contributed by atoms with Gasteiger partial charge < -0.3 is 19.3 Å². The van der Waals surface area contributed by atoms with Crippen LogP contribution in [-0.2, 0) is 0 Å². The molecule has 5 heteroatoms. The third-order valence-corrected chi connectivity index (χ3v) is 3.29. The number of phenols is 1. The number of rotatable bonds is 2. The summed E-state index contributed by atoms with van der Waals surface area (Å²) in [6, 6.07) is 12.4. The zero-order valence-corrected chi connectivity index (χ0v) is 10.9. The largest absolute Gasteiger partial charge is 0.504 e. The van der Waals surface area contributed by atoms with Crippen LogP contribution >= 0.6 is 0 Å². The molecule has 104 valence electrons. The van der Waals surface area contributed by atoms with Gasteiger partial charge in [-0.25, -0.2) is 4.98 Å². The molecule has 1 aromatic heterocycles. The summed E-state index contributed by atoms with van der Waals surface area (Å²) in [5.41, 5.74) is 0. The highest BCUT2D eigenvalue weighted by Gasteiger charge is 2.17. The predicted octanol–water partition coefficient (Wildman–Crippen LogP) is 3.46. The molecule has 0 spiro atoms. The van der Waals surface area contributed by atoms with Gasteiger partial charge in [-0.05, 0) is 35.7 Å². The first-order valence-electron chi connectivity index (χ1n) is 6.45. The van der Waals surface area contributed by atoms with Gasteiger partial charge in [-0.15, -0.1) is 0 Å². The van der Waals surface area contributed by atoms with Crippen molar-refractivity contribution in [3.63, 3.8) is 0 Å². The van der Waals surface area contributed by atoms with E-state index in [1.807, 2.05) is 18.2 Å². The molecule has 0 bridgehead atoms. The fraction of sp³-hybridized carbons (Fsp3) is 0.0625. The van der Waals surface area contributed by atoms with Crippen molar-refractivity contribution in [2.45, 2.75) is 0 Å². The van der Waals surface area contributed by atoms with Gasteiger partial charge in [0.05, 0.1) is 0 Å². The highest BCUT2D eigenvalue weighted by atomic mass is 16.7. The van der Waals surface area contributed by atoms with Crippen LogP contribution in [0, 0.1) is 0 Å². The summed E-state index contributed by atoms with van der Waals surface area (Å²) in [7, 11) is 0. The van der Waals surface area contributed by atoms with Gasteiger partial charge in [0.2, 0.25) is 12.7 Å². The molecule has 0 saturated carbocycles. The van der Waals surface area contributed by atoms with Crippen LogP contribution in [0.25, 0.3) is 10.8 Å². The molecule has 1 aliphatic heterocycles. The lowest BCUT2D eigenvalue weighted by Crippen LogP contribution is -1.92. The third kappa shape index (κ3) is 1.99. The first kappa shape index (κ1) is 11.8. The second kappa shape index (κ2) is 4.56. The lowest BCUT2D eigenvalue weighted by atomic mass is 10.1. The molecular weight excluding hydrogens is 270 g/mol. The van der Waals surface area contributed by atoms with Crippen molar-refractivity contribution >= 4 is 10.8 Å². The topological polar surface area (TPSA) is 60.8 Å². The maximum absolute atomic E-state index is 9.80. The first-order valence-corrected chi connectivity index (χ1v) is 6.45. The zero-order chi connectivity index (χ0) is 14.2. The number of ether oxygens (including phenoxy) is 3. The fourth-order valence-corrected chi connectivity index (χ4v) is 2.26. The standard InChI is InChI=1S/C16H11NO4/c18-12-3-1-2-4-13(12)21-16-11-8-15-14(19-9-20-15)7-10(11)5-6-17-16/h1-8,18H,9H2. The van der Waals surface area contributed by atoms with E-state index < -0.39 is 0 Å². The molecule has 0 unspecified atom stereocenters. The molecule has 1 N–H and O–H groups in total. The van der Waals surface area contributed by atoms with Crippen LogP contribution in [-0.4, -0.2) is 16.9 Å². The van der Waals surface area contributed by atoms with Crippen LogP contribution in [0.1, 0.15) is 0 Å². The van der Waals surface area contributed by atoms with E-state index >= 15 is 0 Å². The van der Waals surface area contributed by atoms with Crippen LogP contribution < -0.4 is 14.2 Å². The Balaban J connectivity index is 1.84. The van der Waals surface area contributed by atoms with Gasteiger partial charge >= 0.3 is 0 Å². The number of pyridine rings is 1. The van der Waals surface area contributed by atoms with Gasteiger partial charge in [0.25, 0.3) is 0 Å². The number of nitrogens with zero attached hydrogens (tertiary/aromatic N) is 1. The van der Waals surface area contributed by atoms with E-state index in [2.05, 4.69) is 4.98 Å². The molecule has 0 radical (unpaired) electrons. The molecule has 2 heterocycles. The Labute approximate surface area is 120 Å². The molecule has 0 aliphatic carbocycles. The quantitative estimate of drug-likeness (QED) is 0.779. The van der Waals surface area contributed by atoms with Crippen molar-refractivity contribution in [1.82, 2.24) is 4.98 Å². The van der Waals surface area contributed by atoms with Gasteiger partial charge in [-0.3, -0.25) is 0 Å². The van der Waals surface area contributed by atoms with E-state index in [1.165, 1.54) is 0 Å². The monoisotopic (exact) mass is 281 g/mol. The molecule has 1 aliphatic rings. The average Bonchev–Trinajstić information content (AvgIpc) is 2.95. The van der Waals surface area contributed by atoms with E-state index in [4.69, 9.17) is 14.2 Å². The summed E-state index contributed by atoms with van der Waals surface area (Å²) in [5.74, 6) is 2.21. The molecule has 0 atom stereocenters. The molecule has 2 aromatic carbocycles. The molecule has 0 saturated heterocycles. The smallest absolute Gasteiger partial charge is 0.231 e. The zero-order valence-electron chi connectivity index (χ0n) is 10.9. The number of benzene rings is 2. The highest BCUT2D eigenvalue weighted by molar-refractivity contribution is 5.90. The van der Waals surface area contributed by atoms with Crippen molar-refractivity contribution in [2.75, 3.05) is 6.79 Å². The minimum absolute atomic E-state index is 0.0667. The van der Waals surface area contributed by atoms with Crippen LogP contribution in [0.4, 0.5) is 0 Å². The van der Waals surface area contributed by atoms with Gasteiger partial charge in [0.15, 0.2) is 23.0 Å². The van der Waals surface area contributed by atoms with E-state index in [0.717, 1.165) is 10.8 Å². The number of fused-ring (bicyclic) bond motifs is 2. The van der Waals surface area contributed by atoms with Crippen LogP contribution in [0.15, 0.2) is 48.7 Å². The summed E-state index contributed by atoms with van der Waals surface area (Å²) in [6.07, 6.45) is 1.65. The number of phenolic OH excluding ortho intramolecular Hbond substituents is 1. The van der Waals surface area contributed by atoms with Gasteiger partial charge in [-0.2, -0.15) is 0 Å². The van der Waals surface area contributed by atoms with Crippen molar-refractivity contribution in [2.24, 2.45) is 0 Å². The molecule has 0 amide bonds. The second-order valence-corrected chi connectivity index (χ2v) is 4.61. The molecule has 3 aromatic rings. The molecule has 5 nitrogen and oxygen atoms in total. The summed E-state index contributed by atoms with van der Waals surface area (Å²) in [4.78, 5) is 4.24. The Morgan fingerprint density at radius 1 is 1.05 bits per heavy atom. The van der Waals surface area contributed by atoms with E-state index in [9.17, 15) is 5.11 Å². The minimum Gasteiger partial charge on any atom is -0.504 e. The highest BCUT2D eigenvalue weighted by Crippen LogP contribution is 2.40. The summed E-state index contributed by atoms with van der Waals surface area (Å²) < 4.78 is 16.5. The lowest BCUT2D eigenvalue weighted by Gasteiger charge is -2.09. The Bertz CT molecular complexity index is 832. The Morgan fingerprint density at radius 3 is 2.71 bits per heavy atom. The second-order valence-electron chi connectivity index (χ2n) is 4.61. The van der Waals surface area contributed by atoms with Crippen LogP contribution in [0.2, 0.25) is 0 Å². The van der Waals surface area contributed by atoms with Gasteiger partial charge in [0, 0.05) is 11.6 Å². The molecule has 21 heavy (non-hydrogen) atoms. The van der Waals surface area contributed by atoms with Crippen molar-refractivity contribution < 1.29 is 19.3 Å². The number of hydrogen-bond acceptors (Lipinski definition) is 5. The normalized spacial score (nSPS) is 12.6. The molecular formula is C16H11NO4. The van der Waals surface area contributed by atoms with Crippen LogP contribution in [0.5, 0.6) is 28.9 Å². The Morgan fingerprint density at radius 2 is 1.86 bits per heavy atom. The minimum atomic E-state index is 0.0667. The van der Waals surface area contributed by atoms with Crippen molar-refractivity contribution in [1.29, 1.82) is 0 Å². The predicted molar refractivity (Wildman–Crippen MR) is 76.0 cm³/mol. The van der Waals surface area contributed by atoms with Gasteiger partial charge in [-0.1, -0.05) is 12.1 Å².